The summed E-state index contributed by atoms with van der Waals surface area (Å²) in [5.74, 6) is -2.24. The van der Waals surface area contributed by atoms with Crippen LogP contribution in [0, 0.1) is 0 Å². The Morgan fingerprint density at radius 3 is 2.73 bits per heavy atom. The van der Waals surface area contributed by atoms with Crippen molar-refractivity contribution in [3.8, 4) is 0 Å². The van der Waals surface area contributed by atoms with Crippen molar-refractivity contribution in [2.75, 3.05) is 6.67 Å². The summed E-state index contributed by atoms with van der Waals surface area (Å²) in [5.41, 5.74) is 0.143. The molecule has 0 aromatic rings. The lowest BCUT2D eigenvalue weighted by molar-refractivity contribution is -0.104. The lowest BCUT2D eigenvalue weighted by Gasteiger charge is -1.97. The average molecular weight is 214 g/mol. The van der Waals surface area contributed by atoms with Crippen LogP contribution in [0.25, 0.3) is 0 Å². The zero-order valence-electron chi connectivity index (χ0n) is 7.84. The minimum absolute atomic E-state index is 0.132. The van der Waals surface area contributed by atoms with Crippen LogP contribution in [0.15, 0.2) is 47.1 Å². The topological polar surface area (TPSA) is 17.1 Å². The zero-order valence-corrected chi connectivity index (χ0v) is 7.84. The molecular weight excluding hydrogens is 205 g/mol. The number of allylic oxidation sites excluding steroid dienone is 8. The van der Waals surface area contributed by atoms with Crippen LogP contribution in [0.5, 0.6) is 0 Å². The molecule has 0 heterocycles. The van der Waals surface area contributed by atoms with Crippen molar-refractivity contribution in [3.63, 3.8) is 0 Å². The Morgan fingerprint density at radius 1 is 1.40 bits per heavy atom. The molecule has 0 saturated heterocycles. The van der Waals surface area contributed by atoms with Crippen LogP contribution in [-0.4, -0.2) is 13.0 Å². The highest BCUT2D eigenvalue weighted by atomic mass is 19.2. The number of hydrogen-bond acceptors (Lipinski definition) is 1. The molecule has 0 saturated carbocycles. The highest BCUT2D eigenvalue weighted by Crippen LogP contribution is 2.26. The predicted molar refractivity (Wildman–Crippen MR) is 51.2 cm³/mol. The first-order valence-corrected chi connectivity index (χ1v) is 4.32. The summed E-state index contributed by atoms with van der Waals surface area (Å²) in [6.45, 7) is -1.08. The monoisotopic (exact) mass is 214 g/mol. The van der Waals surface area contributed by atoms with E-state index in [2.05, 4.69) is 0 Å². The minimum atomic E-state index is -1.17. The van der Waals surface area contributed by atoms with Crippen molar-refractivity contribution in [1.29, 1.82) is 0 Å². The maximum Gasteiger partial charge on any atom is 0.164 e. The maximum atomic E-state index is 13.1. The highest BCUT2D eigenvalue weighted by Gasteiger charge is 2.13. The third kappa shape index (κ3) is 2.94. The van der Waals surface area contributed by atoms with Gasteiger partial charge in [-0.25, -0.2) is 13.2 Å². The van der Waals surface area contributed by atoms with E-state index < -0.39 is 18.3 Å². The lowest BCUT2D eigenvalue weighted by Crippen LogP contribution is -1.87. The third-order valence-electron chi connectivity index (χ3n) is 1.90. The fraction of sp³-hybridized carbons (Fsp3) is 0.182. The van der Waals surface area contributed by atoms with Crippen LogP contribution in [0.3, 0.4) is 0 Å². The van der Waals surface area contributed by atoms with E-state index in [1.165, 1.54) is 18.2 Å². The number of alkyl halides is 1. The third-order valence-corrected chi connectivity index (χ3v) is 1.90. The molecule has 1 nitrogen and oxygen atoms in total. The number of aldehydes is 1. The van der Waals surface area contributed by atoms with Gasteiger partial charge in [0.15, 0.2) is 11.7 Å². The highest BCUT2D eigenvalue weighted by molar-refractivity contribution is 5.66. The summed E-state index contributed by atoms with van der Waals surface area (Å²) in [7, 11) is 0. The molecule has 0 N–H and O–H groups in total. The first-order chi connectivity index (χ1) is 7.19. The standard InChI is InChI=1S/C11H9F3O/c12-7-9-6-8(2-1-5-15)3-4-10(13)11(9)14/h1-2,4-6H,3,7H2/b2-1+. The summed E-state index contributed by atoms with van der Waals surface area (Å²) in [4.78, 5) is 10.0. The van der Waals surface area contributed by atoms with E-state index in [0.29, 0.717) is 11.9 Å². The van der Waals surface area contributed by atoms with Crippen molar-refractivity contribution < 1.29 is 18.0 Å². The van der Waals surface area contributed by atoms with E-state index in [9.17, 15) is 18.0 Å². The van der Waals surface area contributed by atoms with Crippen molar-refractivity contribution in [1.82, 2.24) is 0 Å². The first kappa shape index (κ1) is 11.5. The molecule has 15 heavy (non-hydrogen) atoms. The lowest BCUT2D eigenvalue weighted by atomic mass is 10.1. The van der Waals surface area contributed by atoms with Crippen molar-refractivity contribution in [3.05, 3.63) is 47.1 Å². The first-order valence-electron chi connectivity index (χ1n) is 4.32. The van der Waals surface area contributed by atoms with Crippen LogP contribution in [0.1, 0.15) is 6.42 Å². The molecule has 0 amide bonds. The zero-order chi connectivity index (χ0) is 11.3. The Labute approximate surface area is 85.3 Å². The largest absolute Gasteiger partial charge is 0.299 e. The van der Waals surface area contributed by atoms with Gasteiger partial charge in [-0.2, -0.15) is 0 Å². The molecule has 0 bridgehead atoms. The van der Waals surface area contributed by atoms with Gasteiger partial charge in [0.05, 0.1) is 0 Å². The summed E-state index contributed by atoms with van der Waals surface area (Å²) < 4.78 is 38.3. The van der Waals surface area contributed by atoms with Crippen LogP contribution >= 0.6 is 0 Å². The fourth-order valence-electron chi connectivity index (χ4n) is 1.17. The SMILES string of the molecule is O=C/C=C/C1=CC(CF)=C(F)C(F)=CC1. The summed E-state index contributed by atoms with van der Waals surface area (Å²) in [6, 6.07) is 0. The van der Waals surface area contributed by atoms with Gasteiger partial charge < -0.3 is 0 Å². The van der Waals surface area contributed by atoms with E-state index in [1.807, 2.05) is 0 Å². The molecule has 0 radical (unpaired) electrons. The van der Waals surface area contributed by atoms with Gasteiger partial charge in [-0.1, -0.05) is 6.08 Å². The number of carbonyl (C=O) groups is 1. The van der Waals surface area contributed by atoms with Gasteiger partial charge in [0.1, 0.15) is 13.0 Å². The Hall–Kier alpha value is -1.58. The Kier molecular flexibility index (Phi) is 4.09. The smallest absolute Gasteiger partial charge is 0.164 e. The van der Waals surface area contributed by atoms with Crippen molar-refractivity contribution in [2.24, 2.45) is 0 Å². The molecule has 0 aliphatic heterocycles. The molecule has 1 aliphatic rings. The summed E-state index contributed by atoms with van der Waals surface area (Å²) in [5, 5.41) is 0. The van der Waals surface area contributed by atoms with Crippen molar-refractivity contribution in [2.45, 2.75) is 6.42 Å². The van der Waals surface area contributed by atoms with Gasteiger partial charge in [0.25, 0.3) is 0 Å². The van der Waals surface area contributed by atoms with E-state index in [0.717, 1.165) is 6.08 Å². The minimum Gasteiger partial charge on any atom is -0.299 e. The molecule has 0 unspecified atom stereocenters. The Balaban J connectivity index is 3.06. The number of hydrogen-bond donors (Lipinski definition) is 0. The molecule has 0 aromatic carbocycles. The quantitative estimate of drug-likeness (QED) is 0.521. The molecule has 0 spiro atoms. The van der Waals surface area contributed by atoms with Gasteiger partial charge in [0.2, 0.25) is 0 Å². The molecule has 0 aromatic heterocycles. The predicted octanol–water partition coefficient (Wildman–Crippen LogP) is 3.12. The van der Waals surface area contributed by atoms with E-state index >= 15 is 0 Å². The second-order valence-corrected chi connectivity index (χ2v) is 2.94. The molecule has 1 rings (SSSR count). The van der Waals surface area contributed by atoms with Gasteiger partial charge in [-0.15, -0.1) is 0 Å². The van der Waals surface area contributed by atoms with Crippen molar-refractivity contribution >= 4 is 6.29 Å². The molecular formula is C11H9F3O. The van der Waals surface area contributed by atoms with Gasteiger partial charge in [0, 0.05) is 5.57 Å². The van der Waals surface area contributed by atoms with Gasteiger partial charge in [-0.05, 0) is 30.2 Å². The molecule has 0 atom stereocenters. The molecule has 80 valence electrons. The molecule has 0 fully saturated rings. The van der Waals surface area contributed by atoms with E-state index in [1.54, 1.807) is 0 Å². The fourth-order valence-corrected chi connectivity index (χ4v) is 1.17. The Morgan fingerprint density at radius 2 is 2.13 bits per heavy atom. The van der Waals surface area contributed by atoms with Crippen LogP contribution in [0.2, 0.25) is 0 Å². The molecule has 1 aliphatic carbocycles. The van der Waals surface area contributed by atoms with Gasteiger partial charge >= 0.3 is 0 Å². The number of carbonyl (C=O) groups excluding carboxylic acids is 1. The Bertz CT molecular complexity index is 375. The van der Waals surface area contributed by atoms with E-state index in [4.69, 9.17) is 0 Å². The van der Waals surface area contributed by atoms with Gasteiger partial charge in [-0.3, -0.25) is 4.79 Å². The second kappa shape index (κ2) is 5.34. The second-order valence-electron chi connectivity index (χ2n) is 2.94. The number of halogens is 3. The normalized spacial score (nSPS) is 17.5. The van der Waals surface area contributed by atoms with E-state index in [-0.39, 0.29) is 12.0 Å². The number of rotatable bonds is 3. The summed E-state index contributed by atoms with van der Waals surface area (Å²) in [6.07, 6.45) is 5.48. The average Bonchev–Trinajstić information content (AvgIpc) is 2.38. The van der Waals surface area contributed by atoms with Crippen LogP contribution in [0.4, 0.5) is 13.2 Å². The van der Waals surface area contributed by atoms with Crippen LogP contribution in [-0.2, 0) is 4.79 Å². The van der Waals surface area contributed by atoms with Crippen LogP contribution < -0.4 is 0 Å². The maximum absolute atomic E-state index is 13.1. The molecule has 4 heteroatoms. The summed E-state index contributed by atoms with van der Waals surface area (Å²) >= 11 is 0.